The number of rotatable bonds is 8. The maximum Gasteiger partial charge on any atom is 0.410 e. The standard InChI is InChI=1S/C32H49N3O5/c1-24(6-12-27-21-32(23-38-32)22-30(2,3)39-27)5-7-25-8-10-26(11-9-25)33-28(36)13-14-31(15-16-31)40-29(37)35-19-17-34(4)18-20-35/h5-6,12-14,25-27H,7-11,15-23H2,1-4H3,(H,33,36)/b12-6+,14-13+,24-5+/t25?,26?,27-,32-/m1/s1. The first-order valence-electron chi connectivity index (χ1n) is 15.4. The fourth-order valence-corrected chi connectivity index (χ4v) is 6.49. The van der Waals surface area contributed by atoms with E-state index >= 15 is 0 Å². The predicted molar refractivity (Wildman–Crippen MR) is 155 cm³/mol. The quantitative estimate of drug-likeness (QED) is 0.264. The second kappa shape index (κ2) is 12.0. The molecule has 222 valence electrons. The zero-order valence-corrected chi connectivity index (χ0v) is 25.0. The van der Waals surface area contributed by atoms with Crippen LogP contribution < -0.4 is 5.32 Å². The van der Waals surface area contributed by atoms with Crippen LogP contribution in [0.25, 0.3) is 0 Å². The first-order valence-corrected chi connectivity index (χ1v) is 15.4. The van der Waals surface area contributed by atoms with Gasteiger partial charge in [0, 0.05) is 51.1 Å². The highest BCUT2D eigenvalue weighted by molar-refractivity contribution is 5.88. The Morgan fingerprint density at radius 2 is 1.75 bits per heavy atom. The second-order valence-corrected chi connectivity index (χ2v) is 13.6. The molecule has 0 aromatic rings. The molecule has 5 fully saturated rings. The fourth-order valence-electron chi connectivity index (χ4n) is 6.49. The lowest BCUT2D eigenvalue weighted by Crippen LogP contribution is -2.48. The monoisotopic (exact) mass is 555 g/mol. The number of nitrogens with zero attached hydrogens (tertiary/aromatic N) is 2. The van der Waals surface area contributed by atoms with Crippen LogP contribution in [0.3, 0.4) is 0 Å². The molecular weight excluding hydrogens is 506 g/mol. The van der Waals surface area contributed by atoms with Crippen LogP contribution in [0.2, 0.25) is 0 Å². The van der Waals surface area contributed by atoms with E-state index in [9.17, 15) is 9.59 Å². The zero-order valence-electron chi connectivity index (χ0n) is 25.0. The molecule has 8 heteroatoms. The van der Waals surface area contributed by atoms with Crippen LogP contribution in [-0.4, -0.2) is 90.6 Å². The van der Waals surface area contributed by atoms with E-state index in [0.29, 0.717) is 19.0 Å². The molecular formula is C32H49N3O5. The predicted octanol–water partition coefficient (Wildman–Crippen LogP) is 4.75. The van der Waals surface area contributed by atoms with Gasteiger partial charge in [-0.25, -0.2) is 4.79 Å². The number of piperazine rings is 1. The second-order valence-electron chi connectivity index (χ2n) is 13.6. The fraction of sp³-hybridized carbons (Fsp3) is 0.750. The number of likely N-dealkylation sites (N-methyl/N-ethyl adjacent to an activating group) is 1. The molecule has 2 amide bonds. The number of carbonyl (C=O) groups excluding carboxylic acids is 2. The molecule has 3 aliphatic heterocycles. The Balaban J connectivity index is 0.994. The van der Waals surface area contributed by atoms with Gasteiger partial charge in [0.1, 0.15) is 5.60 Å². The maximum absolute atomic E-state index is 12.6. The molecule has 1 N–H and O–H groups in total. The summed E-state index contributed by atoms with van der Waals surface area (Å²) in [6.07, 6.45) is 18.8. The molecule has 2 aliphatic carbocycles. The van der Waals surface area contributed by atoms with Crippen molar-refractivity contribution in [3.63, 3.8) is 0 Å². The third-order valence-electron chi connectivity index (χ3n) is 9.22. The molecule has 0 radical (unpaired) electrons. The molecule has 0 aromatic carbocycles. The number of nitrogens with one attached hydrogen (secondary N) is 1. The number of epoxide rings is 1. The van der Waals surface area contributed by atoms with Crippen molar-refractivity contribution in [2.75, 3.05) is 39.8 Å². The van der Waals surface area contributed by atoms with Crippen LogP contribution in [0.1, 0.15) is 78.6 Å². The van der Waals surface area contributed by atoms with Crippen molar-refractivity contribution in [1.29, 1.82) is 0 Å². The van der Waals surface area contributed by atoms with E-state index in [2.05, 4.69) is 56.3 Å². The number of amides is 2. The molecule has 8 nitrogen and oxygen atoms in total. The SMILES string of the molecule is CC(/C=C/[C@@H]1C[C@]2(CO2)CC(C)(C)O1)=C\CC1CCC(NC(=O)/C=C/C2(OC(=O)N3CCN(C)CC3)CC2)CC1. The van der Waals surface area contributed by atoms with Crippen molar-refractivity contribution in [3.05, 3.63) is 36.0 Å². The molecule has 0 aromatic heterocycles. The summed E-state index contributed by atoms with van der Waals surface area (Å²) in [5, 5.41) is 3.17. The molecule has 0 bridgehead atoms. The topological polar surface area (TPSA) is 83.6 Å². The summed E-state index contributed by atoms with van der Waals surface area (Å²) in [6, 6.07) is 0.213. The van der Waals surface area contributed by atoms with Crippen LogP contribution in [0, 0.1) is 5.92 Å². The van der Waals surface area contributed by atoms with E-state index in [1.54, 1.807) is 17.1 Å². The van der Waals surface area contributed by atoms with Gasteiger partial charge in [-0.3, -0.25) is 4.79 Å². The minimum absolute atomic E-state index is 0.0505. The van der Waals surface area contributed by atoms with Gasteiger partial charge < -0.3 is 29.3 Å². The zero-order chi connectivity index (χ0) is 28.4. The van der Waals surface area contributed by atoms with Crippen molar-refractivity contribution in [2.24, 2.45) is 5.92 Å². The minimum atomic E-state index is -0.597. The summed E-state index contributed by atoms with van der Waals surface area (Å²) in [5.41, 5.74) is 0.595. The van der Waals surface area contributed by atoms with Crippen LogP contribution in [0.4, 0.5) is 4.79 Å². The van der Waals surface area contributed by atoms with Crippen molar-refractivity contribution in [2.45, 2.75) is 108 Å². The molecule has 5 rings (SSSR count). The number of carbonyl (C=O) groups is 2. The molecule has 5 aliphatic rings. The highest BCUT2D eigenvalue weighted by Gasteiger charge is 2.53. The lowest BCUT2D eigenvalue weighted by molar-refractivity contribution is -0.117. The average Bonchev–Trinajstić information content (AvgIpc) is 3.84. The summed E-state index contributed by atoms with van der Waals surface area (Å²) in [5.74, 6) is 0.571. The van der Waals surface area contributed by atoms with Gasteiger partial charge >= 0.3 is 6.09 Å². The van der Waals surface area contributed by atoms with E-state index in [1.165, 1.54) is 5.57 Å². The summed E-state index contributed by atoms with van der Waals surface area (Å²) in [6.45, 7) is 10.5. The van der Waals surface area contributed by atoms with E-state index in [-0.39, 0.29) is 35.3 Å². The van der Waals surface area contributed by atoms with E-state index in [1.807, 2.05) is 0 Å². The average molecular weight is 556 g/mol. The highest BCUT2D eigenvalue weighted by atomic mass is 16.6. The number of ether oxygens (including phenoxy) is 3. The molecule has 3 heterocycles. The van der Waals surface area contributed by atoms with Crippen molar-refractivity contribution >= 4 is 12.0 Å². The Hall–Kier alpha value is -2.16. The van der Waals surface area contributed by atoms with Crippen LogP contribution >= 0.6 is 0 Å². The first kappa shape index (κ1) is 29.3. The summed E-state index contributed by atoms with van der Waals surface area (Å²) < 4.78 is 17.8. The Morgan fingerprint density at radius 1 is 1.05 bits per heavy atom. The van der Waals surface area contributed by atoms with Crippen molar-refractivity contribution < 1.29 is 23.8 Å². The molecule has 40 heavy (non-hydrogen) atoms. The van der Waals surface area contributed by atoms with Gasteiger partial charge in [0.2, 0.25) is 5.91 Å². The Bertz CT molecular complexity index is 1000. The number of hydrogen-bond acceptors (Lipinski definition) is 6. The first-order chi connectivity index (χ1) is 19.0. The third kappa shape index (κ3) is 8.20. The Kier molecular flexibility index (Phi) is 8.79. The van der Waals surface area contributed by atoms with Crippen LogP contribution in [0.5, 0.6) is 0 Å². The largest absolute Gasteiger partial charge is 0.439 e. The summed E-state index contributed by atoms with van der Waals surface area (Å²) in [4.78, 5) is 29.1. The van der Waals surface area contributed by atoms with Gasteiger partial charge in [-0.1, -0.05) is 23.8 Å². The van der Waals surface area contributed by atoms with Gasteiger partial charge in [-0.15, -0.1) is 0 Å². The molecule has 2 saturated carbocycles. The Labute approximate surface area is 240 Å². The Morgan fingerprint density at radius 3 is 2.40 bits per heavy atom. The van der Waals surface area contributed by atoms with Gasteiger partial charge in [0.25, 0.3) is 0 Å². The van der Waals surface area contributed by atoms with E-state index in [0.717, 1.165) is 77.5 Å². The van der Waals surface area contributed by atoms with Crippen LogP contribution in [0.15, 0.2) is 36.0 Å². The molecule has 2 atom stereocenters. The smallest absolute Gasteiger partial charge is 0.410 e. The van der Waals surface area contributed by atoms with Gasteiger partial charge in [-0.2, -0.15) is 0 Å². The van der Waals surface area contributed by atoms with Gasteiger partial charge in [-0.05, 0) is 84.8 Å². The summed E-state index contributed by atoms with van der Waals surface area (Å²) in [7, 11) is 2.06. The highest BCUT2D eigenvalue weighted by Crippen LogP contribution is 2.46. The van der Waals surface area contributed by atoms with E-state index in [4.69, 9.17) is 14.2 Å². The number of allylic oxidation sites excluding steroid dienone is 3. The lowest BCUT2D eigenvalue weighted by Gasteiger charge is -2.38. The van der Waals surface area contributed by atoms with Crippen LogP contribution in [-0.2, 0) is 19.0 Å². The molecule has 0 unspecified atom stereocenters. The van der Waals surface area contributed by atoms with Crippen molar-refractivity contribution in [1.82, 2.24) is 15.1 Å². The van der Waals surface area contributed by atoms with Gasteiger partial charge in [0.15, 0.2) is 0 Å². The van der Waals surface area contributed by atoms with Crippen molar-refractivity contribution in [3.8, 4) is 0 Å². The van der Waals surface area contributed by atoms with E-state index < -0.39 is 5.60 Å². The maximum atomic E-state index is 12.6. The molecule has 3 saturated heterocycles. The molecule has 1 spiro atoms. The minimum Gasteiger partial charge on any atom is -0.439 e. The lowest BCUT2D eigenvalue weighted by atomic mass is 9.83. The summed E-state index contributed by atoms with van der Waals surface area (Å²) >= 11 is 0. The normalized spacial score (nSPS) is 33.9. The number of hydrogen-bond donors (Lipinski definition) is 1. The third-order valence-corrected chi connectivity index (χ3v) is 9.22. The van der Waals surface area contributed by atoms with Gasteiger partial charge in [0.05, 0.1) is 23.9 Å².